The number of methoxy groups -OCH3 is 1. The molecule has 5 nitrogen and oxygen atoms in total. The van der Waals surface area contributed by atoms with Gasteiger partial charge in [-0.25, -0.2) is 0 Å². The monoisotopic (exact) mass is 398 g/mol. The van der Waals surface area contributed by atoms with E-state index in [-0.39, 0.29) is 17.7 Å². The van der Waals surface area contributed by atoms with Gasteiger partial charge in [-0.2, -0.15) is 0 Å². The van der Waals surface area contributed by atoms with E-state index in [4.69, 9.17) is 4.74 Å². The second kappa shape index (κ2) is 9.64. The predicted molar refractivity (Wildman–Crippen MR) is 112 cm³/mol. The fourth-order valence-electron chi connectivity index (χ4n) is 3.51. The molecule has 6 heteroatoms. The molecule has 148 valence electrons. The van der Waals surface area contributed by atoms with E-state index in [1.54, 1.807) is 18.9 Å². The fraction of sp³-hybridized carbons (Fsp3) is 0.364. The van der Waals surface area contributed by atoms with Gasteiger partial charge in [0, 0.05) is 22.4 Å². The Morgan fingerprint density at radius 3 is 2.11 bits per heavy atom. The van der Waals surface area contributed by atoms with Crippen molar-refractivity contribution in [2.45, 2.75) is 48.4 Å². The van der Waals surface area contributed by atoms with Crippen molar-refractivity contribution in [1.82, 2.24) is 5.32 Å². The minimum absolute atomic E-state index is 0.141. The van der Waals surface area contributed by atoms with E-state index in [9.17, 15) is 9.59 Å². The largest absolute Gasteiger partial charge is 0.497 e. The molecule has 28 heavy (non-hydrogen) atoms. The normalized spacial score (nSPS) is 15.1. The number of hydrogen-bond acceptors (Lipinski definition) is 4. The van der Waals surface area contributed by atoms with Crippen LogP contribution in [0.1, 0.15) is 32.6 Å². The highest BCUT2D eigenvalue weighted by atomic mass is 32.2. The first-order chi connectivity index (χ1) is 13.5. The molecule has 0 radical (unpaired) electrons. The summed E-state index contributed by atoms with van der Waals surface area (Å²) in [6.07, 6.45) is 4.20. The van der Waals surface area contributed by atoms with Gasteiger partial charge in [0.25, 0.3) is 0 Å². The van der Waals surface area contributed by atoms with Crippen molar-refractivity contribution >= 4 is 29.3 Å². The van der Waals surface area contributed by atoms with Crippen molar-refractivity contribution < 1.29 is 14.3 Å². The number of nitrogens with one attached hydrogen (secondary N) is 2. The van der Waals surface area contributed by atoms with E-state index in [2.05, 4.69) is 10.6 Å². The maximum absolute atomic E-state index is 12.7. The molecule has 0 heterocycles. The molecule has 0 spiro atoms. The number of ether oxygens (including phenoxy) is 1. The Morgan fingerprint density at radius 1 is 1.00 bits per heavy atom. The molecule has 0 aliphatic heterocycles. The molecule has 1 atom stereocenters. The van der Waals surface area contributed by atoms with E-state index in [1.807, 2.05) is 48.5 Å². The molecule has 0 saturated heterocycles. The summed E-state index contributed by atoms with van der Waals surface area (Å²) in [6, 6.07) is 15.2. The van der Waals surface area contributed by atoms with Crippen LogP contribution in [-0.4, -0.2) is 25.0 Å². The van der Waals surface area contributed by atoms with E-state index in [0.717, 1.165) is 46.9 Å². The number of hydrogen-bond donors (Lipinski definition) is 2. The van der Waals surface area contributed by atoms with Crippen LogP contribution in [0.2, 0.25) is 0 Å². The lowest BCUT2D eigenvalue weighted by Crippen LogP contribution is -2.47. The quantitative estimate of drug-likeness (QED) is 0.722. The first-order valence-corrected chi connectivity index (χ1v) is 10.4. The molecule has 1 saturated carbocycles. The van der Waals surface area contributed by atoms with Crippen molar-refractivity contribution in [3.05, 3.63) is 48.5 Å². The molecule has 0 bridgehead atoms. The summed E-state index contributed by atoms with van der Waals surface area (Å²) in [7, 11) is 1.65. The number of benzene rings is 2. The minimum atomic E-state index is -0.464. The Morgan fingerprint density at radius 2 is 1.57 bits per heavy atom. The molecule has 2 aromatic carbocycles. The standard InChI is InChI=1S/C22H26N2O3S/c1-15(25)23-21(16-5-3-4-6-16)22(26)24-17-7-11-19(12-8-17)28-20-13-9-18(27-2)10-14-20/h7-14,16,21H,3-6H2,1-2H3,(H,23,25)(H,24,26). The predicted octanol–water partition coefficient (Wildman–Crippen LogP) is 4.48. The van der Waals surface area contributed by atoms with Crippen molar-refractivity contribution in [1.29, 1.82) is 0 Å². The summed E-state index contributed by atoms with van der Waals surface area (Å²) in [5, 5.41) is 5.78. The Labute approximate surface area is 170 Å². The zero-order chi connectivity index (χ0) is 19.9. The number of anilines is 1. The van der Waals surface area contributed by atoms with Crippen LogP contribution in [0, 0.1) is 5.92 Å². The molecule has 3 rings (SSSR count). The lowest BCUT2D eigenvalue weighted by molar-refractivity contribution is -0.126. The van der Waals surface area contributed by atoms with Crippen LogP contribution < -0.4 is 15.4 Å². The van der Waals surface area contributed by atoms with Gasteiger partial charge < -0.3 is 15.4 Å². The molecule has 2 amide bonds. The number of rotatable bonds is 7. The molecule has 1 aliphatic rings. The molecule has 0 aromatic heterocycles. The summed E-state index contributed by atoms with van der Waals surface area (Å²) >= 11 is 1.64. The van der Waals surface area contributed by atoms with Crippen molar-refractivity contribution in [2.24, 2.45) is 5.92 Å². The molecule has 1 aliphatic carbocycles. The number of carbonyl (C=O) groups is 2. The van der Waals surface area contributed by atoms with Crippen molar-refractivity contribution in [3.8, 4) is 5.75 Å². The van der Waals surface area contributed by atoms with Crippen LogP contribution in [0.15, 0.2) is 58.3 Å². The second-order valence-electron chi connectivity index (χ2n) is 7.01. The topological polar surface area (TPSA) is 67.4 Å². The van der Waals surface area contributed by atoms with Gasteiger partial charge in [-0.15, -0.1) is 0 Å². The van der Waals surface area contributed by atoms with Gasteiger partial charge in [0.15, 0.2) is 0 Å². The zero-order valence-electron chi connectivity index (χ0n) is 16.2. The SMILES string of the molecule is COc1ccc(Sc2ccc(NC(=O)C(NC(C)=O)C3CCCC3)cc2)cc1. The van der Waals surface area contributed by atoms with E-state index in [0.29, 0.717) is 0 Å². The third kappa shape index (κ3) is 5.52. The van der Waals surface area contributed by atoms with Gasteiger partial charge in [0.2, 0.25) is 11.8 Å². The van der Waals surface area contributed by atoms with E-state index < -0.39 is 6.04 Å². The summed E-state index contributed by atoms with van der Waals surface area (Å²) < 4.78 is 5.18. The van der Waals surface area contributed by atoms with Crippen LogP contribution in [0.4, 0.5) is 5.69 Å². The molecule has 2 aromatic rings. The Kier molecular flexibility index (Phi) is 6.98. The van der Waals surface area contributed by atoms with Crippen molar-refractivity contribution in [3.63, 3.8) is 0 Å². The molecule has 2 N–H and O–H groups in total. The first kappa shape index (κ1) is 20.3. The number of carbonyl (C=O) groups excluding carboxylic acids is 2. The fourth-order valence-corrected chi connectivity index (χ4v) is 4.33. The van der Waals surface area contributed by atoms with Gasteiger partial charge in [-0.05, 0) is 67.3 Å². The lowest BCUT2D eigenvalue weighted by Gasteiger charge is -2.23. The molecule has 1 fully saturated rings. The van der Waals surface area contributed by atoms with Crippen LogP contribution in [-0.2, 0) is 9.59 Å². The molecular weight excluding hydrogens is 372 g/mol. The lowest BCUT2D eigenvalue weighted by atomic mass is 9.97. The first-order valence-electron chi connectivity index (χ1n) is 9.55. The smallest absolute Gasteiger partial charge is 0.247 e. The maximum Gasteiger partial charge on any atom is 0.247 e. The maximum atomic E-state index is 12.7. The van der Waals surface area contributed by atoms with Gasteiger partial charge in [0.1, 0.15) is 11.8 Å². The average molecular weight is 399 g/mol. The highest BCUT2D eigenvalue weighted by Crippen LogP contribution is 2.31. The Hall–Kier alpha value is -2.47. The van der Waals surface area contributed by atoms with Crippen LogP contribution >= 0.6 is 11.8 Å². The third-order valence-electron chi connectivity index (χ3n) is 4.93. The summed E-state index contributed by atoms with van der Waals surface area (Å²) in [5.74, 6) is 0.739. The second-order valence-corrected chi connectivity index (χ2v) is 8.16. The number of amides is 2. The van der Waals surface area contributed by atoms with E-state index >= 15 is 0 Å². The summed E-state index contributed by atoms with van der Waals surface area (Å²) in [5.41, 5.74) is 0.734. The van der Waals surface area contributed by atoms with Gasteiger partial charge in [0.05, 0.1) is 7.11 Å². The third-order valence-corrected chi connectivity index (χ3v) is 5.95. The van der Waals surface area contributed by atoms with Gasteiger partial charge >= 0.3 is 0 Å². The Balaban J connectivity index is 1.61. The van der Waals surface area contributed by atoms with E-state index in [1.165, 1.54) is 6.92 Å². The Bertz CT molecular complexity index is 800. The van der Waals surface area contributed by atoms with Gasteiger partial charge in [-0.3, -0.25) is 9.59 Å². The van der Waals surface area contributed by atoms with Gasteiger partial charge in [-0.1, -0.05) is 24.6 Å². The summed E-state index contributed by atoms with van der Waals surface area (Å²) in [4.78, 5) is 26.4. The van der Waals surface area contributed by atoms with Crippen LogP contribution in [0.3, 0.4) is 0 Å². The average Bonchev–Trinajstić information content (AvgIpc) is 3.22. The molecule has 1 unspecified atom stereocenters. The minimum Gasteiger partial charge on any atom is -0.497 e. The van der Waals surface area contributed by atoms with Crippen LogP contribution in [0.25, 0.3) is 0 Å². The highest BCUT2D eigenvalue weighted by molar-refractivity contribution is 7.99. The zero-order valence-corrected chi connectivity index (χ0v) is 17.1. The van der Waals surface area contributed by atoms with Crippen LogP contribution in [0.5, 0.6) is 5.75 Å². The molecular formula is C22H26N2O3S. The summed E-state index contributed by atoms with van der Waals surface area (Å²) in [6.45, 7) is 1.46. The highest BCUT2D eigenvalue weighted by Gasteiger charge is 2.31. The van der Waals surface area contributed by atoms with Crippen molar-refractivity contribution in [2.75, 3.05) is 12.4 Å².